The van der Waals surface area contributed by atoms with Gasteiger partial charge in [-0.2, -0.15) is 0 Å². The van der Waals surface area contributed by atoms with Crippen LogP contribution in [0.4, 0.5) is 0 Å². The SMILES string of the molecule is c1ccc(-c2ncc(-n3c4ccccc4c4cc5c(ccn5-c5ccccc5)cc43)cn2)cc1. The summed E-state index contributed by atoms with van der Waals surface area (Å²) in [7, 11) is 0. The molecule has 0 saturated carbocycles. The molecule has 0 fully saturated rings. The van der Waals surface area contributed by atoms with E-state index in [1.165, 1.54) is 21.7 Å². The molecule has 0 amide bonds. The largest absolute Gasteiger partial charge is 0.317 e. The van der Waals surface area contributed by atoms with E-state index in [2.05, 4.69) is 92.0 Å². The maximum Gasteiger partial charge on any atom is 0.159 e. The highest BCUT2D eigenvalue weighted by Crippen LogP contribution is 2.35. The van der Waals surface area contributed by atoms with Gasteiger partial charge in [-0.05, 0) is 36.4 Å². The zero-order valence-corrected chi connectivity index (χ0v) is 18.3. The lowest BCUT2D eigenvalue weighted by Gasteiger charge is -2.09. The molecule has 0 radical (unpaired) electrons. The summed E-state index contributed by atoms with van der Waals surface area (Å²) in [6.07, 6.45) is 5.98. The summed E-state index contributed by atoms with van der Waals surface area (Å²) in [5, 5.41) is 3.63. The van der Waals surface area contributed by atoms with Crippen molar-refractivity contribution in [1.82, 2.24) is 19.1 Å². The van der Waals surface area contributed by atoms with Crippen LogP contribution in [0.3, 0.4) is 0 Å². The van der Waals surface area contributed by atoms with Crippen LogP contribution >= 0.6 is 0 Å². The molecule has 0 bridgehead atoms. The zero-order chi connectivity index (χ0) is 22.5. The van der Waals surface area contributed by atoms with Gasteiger partial charge in [-0.1, -0.05) is 66.7 Å². The third kappa shape index (κ3) is 2.86. The second kappa shape index (κ2) is 7.42. The molecule has 4 nitrogen and oxygen atoms in total. The molecule has 0 aliphatic rings. The molecule has 0 spiro atoms. The summed E-state index contributed by atoms with van der Waals surface area (Å²) in [6.45, 7) is 0. The minimum atomic E-state index is 0.729. The quantitative estimate of drug-likeness (QED) is 0.294. The van der Waals surface area contributed by atoms with Crippen LogP contribution in [0.15, 0.2) is 122 Å². The molecule has 4 aromatic carbocycles. The van der Waals surface area contributed by atoms with Crippen LogP contribution < -0.4 is 0 Å². The Hall–Kier alpha value is -4.70. The molecule has 3 aromatic heterocycles. The van der Waals surface area contributed by atoms with Gasteiger partial charge in [0, 0.05) is 33.6 Å². The normalized spacial score (nSPS) is 11.5. The molecule has 0 saturated heterocycles. The molecule has 0 N–H and O–H groups in total. The molecule has 7 rings (SSSR count). The third-order valence-electron chi connectivity index (χ3n) is 6.45. The van der Waals surface area contributed by atoms with Crippen LogP contribution in [-0.4, -0.2) is 19.1 Å². The van der Waals surface area contributed by atoms with Gasteiger partial charge >= 0.3 is 0 Å². The second-order valence-electron chi connectivity index (χ2n) is 8.43. The standard InChI is InChI=1S/C30H20N4/c1-3-9-21(10-4-1)30-31-19-24(20-32-30)34-27-14-8-7-13-25(27)26-18-28-22(17-29(26)34)15-16-33(28)23-11-5-2-6-12-23/h1-20H. The van der Waals surface area contributed by atoms with Crippen molar-refractivity contribution in [2.24, 2.45) is 0 Å². The minimum absolute atomic E-state index is 0.729. The number of hydrogen-bond donors (Lipinski definition) is 0. The van der Waals surface area contributed by atoms with Crippen LogP contribution in [0.1, 0.15) is 0 Å². The van der Waals surface area contributed by atoms with Crippen LogP contribution in [0.25, 0.3) is 55.5 Å². The molecule has 0 aliphatic carbocycles. The Morgan fingerprint density at radius 3 is 2.03 bits per heavy atom. The van der Waals surface area contributed by atoms with Crippen LogP contribution in [0.5, 0.6) is 0 Å². The molecular formula is C30H20N4. The predicted octanol–water partition coefficient (Wildman–Crippen LogP) is 7.18. The van der Waals surface area contributed by atoms with Gasteiger partial charge in [-0.3, -0.25) is 0 Å². The van der Waals surface area contributed by atoms with E-state index in [1.54, 1.807) is 0 Å². The Balaban J connectivity index is 1.46. The summed E-state index contributed by atoms with van der Waals surface area (Å²) < 4.78 is 4.51. The maximum atomic E-state index is 4.69. The van der Waals surface area contributed by atoms with E-state index in [9.17, 15) is 0 Å². The summed E-state index contributed by atoms with van der Waals surface area (Å²) >= 11 is 0. The number of hydrogen-bond acceptors (Lipinski definition) is 2. The Kier molecular flexibility index (Phi) is 4.11. The lowest BCUT2D eigenvalue weighted by Crippen LogP contribution is -1.97. The van der Waals surface area contributed by atoms with Crippen molar-refractivity contribution in [2.45, 2.75) is 0 Å². The van der Waals surface area contributed by atoms with Crippen molar-refractivity contribution < 1.29 is 0 Å². The van der Waals surface area contributed by atoms with E-state index in [-0.39, 0.29) is 0 Å². The lowest BCUT2D eigenvalue weighted by atomic mass is 10.1. The maximum absolute atomic E-state index is 4.69. The Morgan fingerprint density at radius 1 is 0.529 bits per heavy atom. The van der Waals surface area contributed by atoms with Crippen LogP contribution in [0.2, 0.25) is 0 Å². The molecule has 4 heteroatoms. The topological polar surface area (TPSA) is 35.6 Å². The van der Waals surface area contributed by atoms with Crippen LogP contribution in [-0.2, 0) is 0 Å². The van der Waals surface area contributed by atoms with E-state index < -0.39 is 0 Å². The molecule has 0 aliphatic heterocycles. The van der Waals surface area contributed by atoms with Gasteiger partial charge in [0.1, 0.15) is 0 Å². The first-order valence-electron chi connectivity index (χ1n) is 11.3. The highest BCUT2D eigenvalue weighted by Gasteiger charge is 2.15. The van der Waals surface area contributed by atoms with Crippen molar-refractivity contribution in [3.05, 3.63) is 122 Å². The van der Waals surface area contributed by atoms with Crippen molar-refractivity contribution in [3.63, 3.8) is 0 Å². The summed E-state index contributed by atoms with van der Waals surface area (Å²) in [5.41, 5.74) is 6.61. The number of para-hydroxylation sites is 2. The minimum Gasteiger partial charge on any atom is -0.317 e. The lowest BCUT2D eigenvalue weighted by molar-refractivity contribution is 1.08. The van der Waals surface area contributed by atoms with Crippen LogP contribution in [0, 0.1) is 0 Å². The van der Waals surface area contributed by atoms with Crippen molar-refractivity contribution in [1.29, 1.82) is 0 Å². The summed E-state index contributed by atoms with van der Waals surface area (Å²) in [6, 6.07) is 35.8. The fraction of sp³-hybridized carbons (Fsp3) is 0. The zero-order valence-electron chi connectivity index (χ0n) is 18.3. The van der Waals surface area contributed by atoms with Crippen molar-refractivity contribution in [2.75, 3.05) is 0 Å². The number of fused-ring (bicyclic) bond motifs is 4. The molecule has 0 unspecified atom stereocenters. The molecule has 34 heavy (non-hydrogen) atoms. The van der Waals surface area contributed by atoms with Gasteiger partial charge in [0.25, 0.3) is 0 Å². The first-order chi connectivity index (χ1) is 16.9. The smallest absolute Gasteiger partial charge is 0.159 e. The van der Waals surface area contributed by atoms with Gasteiger partial charge in [0.2, 0.25) is 0 Å². The van der Waals surface area contributed by atoms with E-state index >= 15 is 0 Å². The van der Waals surface area contributed by atoms with E-state index in [0.717, 1.165) is 33.8 Å². The summed E-state index contributed by atoms with van der Waals surface area (Å²) in [4.78, 5) is 9.38. The number of aromatic nitrogens is 4. The van der Waals surface area contributed by atoms with Gasteiger partial charge in [0.15, 0.2) is 5.82 Å². The average Bonchev–Trinajstić information content (AvgIpc) is 3.47. The Bertz CT molecular complexity index is 1780. The molecular weight excluding hydrogens is 416 g/mol. The molecule has 0 atom stereocenters. The summed E-state index contributed by atoms with van der Waals surface area (Å²) in [5.74, 6) is 0.729. The van der Waals surface area contributed by atoms with E-state index in [1.807, 2.05) is 48.8 Å². The molecule has 160 valence electrons. The number of benzene rings is 4. The van der Waals surface area contributed by atoms with Gasteiger partial charge in [-0.15, -0.1) is 0 Å². The number of nitrogens with zero attached hydrogens (tertiary/aromatic N) is 4. The predicted molar refractivity (Wildman–Crippen MR) is 139 cm³/mol. The van der Waals surface area contributed by atoms with Gasteiger partial charge in [-0.25, -0.2) is 9.97 Å². The van der Waals surface area contributed by atoms with Crippen molar-refractivity contribution >= 4 is 32.7 Å². The van der Waals surface area contributed by atoms with E-state index in [0.29, 0.717) is 0 Å². The third-order valence-corrected chi connectivity index (χ3v) is 6.45. The second-order valence-corrected chi connectivity index (χ2v) is 8.43. The number of rotatable bonds is 3. The fourth-order valence-electron chi connectivity index (χ4n) is 4.86. The molecule has 7 aromatic rings. The van der Waals surface area contributed by atoms with Crippen molar-refractivity contribution in [3.8, 4) is 22.8 Å². The highest BCUT2D eigenvalue weighted by atomic mass is 15.0. The van der Waals surface area contributed by atoms with E-state index in [4.69, 9.17) is 0 Å². The first-order valence-corrected chi connectivity index (χ1v) is 11.3. The Morgan fingerprint density at radius 2 is 1.24 bits per heavy atom. The fourth-order valence-corrected chi connectivity index (χ4v) is 4.86. The first kappa shape index (κ1) is 18.8. The van der Waals surface area contributed by atoms with Gasteiger partial charge < -0.3 is 9.13 Å². The molecule has 3 heterocycles. The van der Waals surface area contributed by atoms with Gasteiger partial charge in [0.05, 0.1) is 34.6 Å². The average molecular weight is 437 g/mol. The highest BCUT2D eigenvalue weighted by molar-refractivity contribution is 6.13. The monoisotopic (exact) mass is 436 g/mol. The Labute approximate surface area is 196 Å².